The average molecular weight is 1100 g/mol. The maximum atomic E-state index is 12.9. The maximum absolute atomic E-state index is 12.9. The predicted octanol–water partition coefficient (Wildman–Crippen LogP) is 17.7. The van der Waals surface area contributed by atoms with Gasteiger partial charge in [0.2, 0.25) is 0 Å². The van der Waals surface area contributed by atoms with Gasteiger partial charge in [-0.3, -0.25) is 9.59 Å². The van der Waals surface area contributed by atoms with Gasteiger partial charge in [0.25, 0.3) is 0 Å². The van der Waals surface area contributed by atoms with Gasteiger partial charge in [-0.25, -0.2) is 0 Å². The third-order valence-electron chi connectivity index (χ3n) is 12.9. The van der Waals surface area contributed by atoms with E-state index in [0.29, 0.717) is 17.4 Å². The zero-order valence-electron chi connectivity index (χ0n) is 50.9. The first-order valence-electron chi connectivity index (χ1n) is 31.3. The molecule has 0 spiro atoms. The van der Waals surface area contributed by atoms with Crippen LogP contribution in [0, 0.1) is 0 Å². The monoisotopic (exact) mass is 1100 g/mol. The molecule has 0 amide bonds. The first kappa shape index (κ1) is 74.4. The molecule has 0 heterocycles. The van der Waals surface area contributed by atoms with Crippen molar-refractivity contribution in [1.82, 2.24) is 0 Å². The largest absolute Gasteiger partial charge is 0.545 e. The van der Waals surface area contributed by atoms with Gasteiger partial charge in [0.05, 0.1) is 40.3 Å². The number of quaternary nitrogens is 1. The van der Waals surface area contributed by atoms with Crippen molar-refractivity contribution >= 4 is 17.9 Å². The highest BCUT2D eigenvalue weighted by Gasteiger charge is 2.22. The SMILES string of the molecule is CC/C=C\C/C=C\C/C=C\C/C=C\C/C=C\C/C=C\CCCCCCC(=O)OC(COC(=O)CCCCCCCCCCCCCCCCC/C=C\C/C=C\C/C=C\C/C=C\C/C=C\CC)COC(OCC[N+](C)(C)C)C(=O)[O-]. The van der Waals surface area contributed by atoms with E-state index in [9.17, 15) is 19.5 Å². The number of nitrogens with zero attached hydrogens (tertiary/aromatic N) is 1. The molecule has 0 aromatic heterocycles. The molecule has 448 valence electrons. The van der Waals surface area contributed by atoms with E-state index < -0.39 is 24.3 Å². The molecule has 0 N–H and O–H groups in total. The predicted molar refractivity (Wildman–Crippen MR) is 333 cm³/mol. The Hall–Kier alpha value is -4.57. The summed E-state index contributed by atoms with van der Waals surface area (Å²) in [6, 6.07) is 0. The van der Waals surface area contributed by atoms with E-state index in [-0.39, 0.29) is 38.6 Å². The van der Waals surface area contributed by atoms with Crippen LogP contribution in [-0.4, -0.2) is 82.3 Å². The summed E-state index contributed by atoms with van der Waals surface area (Å²) >= 11 is 0. The summed E-state index contributed by atoms with van der Waals surface area (Å²) < 4.78 is 22.7. The fourth-order valence-electron chi connectivity index (χ4n) is 8.15. The van der Waals surface area contributed by atoms with Crippen LogP contribution in [0.3, 0.4) is 0 Å². The standard InChI is InChI=1S/C70H115NO8/c1-6-8-10-12-14-16-18-20-22-24-26-28-30-31-32-33-34-35-36-37-39-40-42-44-46-48-50-52-54-56-58-60-67(72)77-64-66(65-78-70(69(74)75)76-63-62-71(3,4)5)79-68(73)61-59-57-55-53-51-49-47-45-43-41-38-29-27-25-23-21-19-17-15-13-11-9-7-2/h8-11,14-17,20-23,26-29,31-32,41,43,47,49,66,70H,6-7,12-13,18-19,24-25,30,33-40,42,44-46,48,50-65H2,1-5H3/b10-8-,11-9-,16-14-,17-15-,22-20-,23-21-,28-26-,29-27-,32-31-,43-41-,49-47-. The van der Waals surface area contributed by atoms with E-state index in [4.69, 9.17) is 18.9 Å². The normalized spacial score (nSPS) is 13.7. The number of rotatable bonds is 56. The average Bonchev–Trinajstić information content (AvgIpc) is 3.42. The fourth-order valence-corrected chi connectivity index (χ4v) is 8.15. The Labute approximate surface area is 484 Å². The van der Waals surface area contributed by atoms with Crippen LogP contribution in [0.5, 0.6) is 0 Å². The molecule has 0 saturated heterocycles. The Kier molecular flexibility index (Phi) is 56.1. The summed E-state index contributed by atoms with van der Waals surface area (Å²) in [5, 5.41) is 11.8. The highest BCUT2D eigenvalue weighted by atomic mass is 16.7. The van der Waals surface area contributed by atoms with Crippen molar-refractivity contribution in [3.8, 4) is 0 Å². The van der Waals surface area contributed by atoms with Crippen molar-refractivity contribution in [2.24, 2.45) is 0 Å². The Bertz CT molecular complexity index is 1750. The highest BCUT2D eigenvalue weighted by molar-refractivity contribution is 5.70. The lowest BCUT2D eigenvalue weighted by molar-refractivity contribution is -0.870. The number of unbranched alkanes of at least 4 members (excludes halogenated alkanes) is 19. The summed E-state index contributed by atoms with van der Waals surface area (Å²) in [5.74, 6) is -2.33. The second kappa shape index (κ2) is 59.5. The lowest BCUT2D eigenvalue weighted by atomic mass is 10.0. The molecule has 2 unspecified atom stereocenters. The molecular formula is C70H115NO8. The Morgan fingerprint density at radius 2 is 0.684 bits per heavy atom. The lowest BCUT2D eigenvalue weighted by Gasteiger charge is -2.26. The van der Waals surface area contributed by atoms with Crippen LogP contribution >= 0.6 is 0 Å². The Morgan fingerprint density at radius 3 is 1.01 bits per heavy atom. The van der Waals surface area contributed by atoms with Crippen molar-refractivity contribution in [1.29, 1.82) is 0 Å². The quantitative estimate of drug-likeness (QED) is 0.0195. The van der Waals surface area contributed by atoms with E-state index in [1.54, 1.807) is 0 Å². The number of aliphatic carboxylic acids is 1. The van der Waals surface area contributed by atoms with Gasteiger partial charge < -0.3 is 33.3 Å². The van der Waals surface area contributed by atoms with Gasteiger partial charge in [-0.2, -0.15) is 0 Å². The van der Waals surface area contributed by atoms with Gasteiger partial charge in [-0.15, -0.1) is 0 Å². The minimum atomic E-state index is -1.64. The second-order valence-corrected chi connectivity index (χ2v) is 21.6. The van der Waals surface area contributed by atoms with Gasteiger partial charge in [0.1, 0.15) is 13.2 Å². The van der Waals surface area contributed by atoms with Crippen LogP contribution in [0.2, 0.25) is 0 Å². The lowest BCUT2D eigenvalue weighted by Crippen LogP contribution is -2.44. The molecule has 0 aliphatic carbocycles. The van der Waals surface area contributed by atoms with Crippen LogP contribution in [0.1, 0.15) is 232 Å². The summed E-state index contributed by atoms with van der Waals surface area (Å²) in [4.78, 5) is 37.4. The van der Waals surface area contributed by atoms with Crippen LogP contribution in [-0.2, 0) is 33.3 Å². The second-order valence-electron chi connectivity index (χ2n) is 21.6. The minimum absolute atomic E-state index is 0.136. The number of carboxylic acid groups (broad SMARTS) is 1. The molecule has 0 radical (unpaired) electrons. The number of likely N-dealkylation sites (N-methyl/N-ethyl adjacent to an activating group) is 1. The molecule has 0 aromatic rings. The molecule has 9 nitrogen and oxygen atoms in total. The number of carbonyl (C=O) groups is 3. The summed E-state index contributed by atoms with van der Waals surface area (Å²) in [6.07, 6.45) is 82.2. The third-order valence-corrected chi connectivity index (χ3v) is 12.9. The molecule has 0 saturated carbocycles. The van der Waals surface area contributed by atoms with Crippen molar-refractivity contribution < 1.29 is 42.9 Å². The van der Waals surface area contributed by atoms with Gasteiger partial charge in [-0.05, 0) is 109 Å². The molecule has 0 rings (SSSR count). The molecule has 0 aliphatic heterocycles. The summed E-state index contributed by atoms with van der Waals surface area (Å²) in [5.41, 5.74) is 0. The number of hydrogen-bond acceptors (Lipinski definition) is 8. The molecule has 0 aliphatic rings. The minimum Gasteiger partial charge on any atom is -0.545 e. The van der Waals surface area contributed by atoms with Crippen LogP contribution < -0.4 is 5.11 Å². The first-order valence-corrected chi connectivity index (χ1v) is 31.3. The molecule has 79 heavy (non-hydrogen) atoms. The van der Waals surface area contributed by atoms with Crippen molar-refractivity contribution in [3.05, 3.63) is 134 Å². The topological polar surface area (TPSA) is 111 Å². The van der Waals surface area contributed by atoms with Crippen molar-refractivity contribution in [2.75, 3.05) is 47.5 Å². The van der Waals surface area contributed by atoms with E-state index in [1.807, 2.05) is 21.1 Å². The molecule has 0 aromatic carbocycles. The highest BCUT2D eigenvalue weighted by Crippen LogP contribution is 2.16. The molecular weight excluding hydrogens is 983 g/mol. The van der Waals surface area contributed by atoms with E-state index in [2.05, 4.69) is 148 Å². The first-order chi connectivity index (χ1) is 38.6. The van der Waals surface area contributed by atoms with Crippen molar-refractivity contribution in [2.45, 2.75) is 245 Å². The smallest absolute Gasteiger partial charge is 0.306 e. The summed E-state index contributed by atoms with van der Waals surface area (Å²) in [6.45, 7) is 4.48. The molecule has 2 atom stereocenters. The zero-order valence-corrected chi connectivity index (χ0v) is 50.9. The van der Waals surface area contributed by atoms with Crippen LogP contribution in [0.25, 0.3) is 0 Å². The van der Waals surface area contributed by atoms with Crippen molar-refractivity contribution in [3.63, 3.8) is 0 Å². The van der Waals surface area contributed by atoms with Gasteiger partial charge in [-0.1, -0.05) is 244 Å². The number of carboxylic acids is 1. The number of hydrogen-bond donors (Lipinski definition) is 0. The van der Waals surface area contributed by atoms with Crippen LogP contribution in [0.4, 0.5) is 0 Å². The van der Waals surface area contributed by atoms with E-state index in [0.717, 1.165) is 116 Å². The fraction of sp³-hybridized carbons (Fsp3) is 0.643. The number of carbonyl (C=O) groups excluding carboxylic acids is 3. The molecule has 9 heteroatoms. The number of ether oxygens (including phenoxy) is 4. The number of allylic oxidation sites excluding steroid dienone is 22. The van der Waals surface area contributed by atoms with Crippen LogP contribution in [0.15, 0.2) is 134 Å². The zero-order chi connectivity index (χ0) is 57.6. The van der Waals surface area contributed by atoms with Gasteiger partial charge >= 0.3 is 11.9 Å². The van der Waals surface area contributed by atoms with Gasteiger partial charge in [0, 0.05) is 12.8 Å². The number of esters is 2. The Balaban J connectivity index is 4.23. The Morgan fingerprint density at radius 1 is 0.380 bits per heavy atom. The van der Waals surface area contributed by atoms with Gasteiger partial charge in [0.15, 0.2) is 12.4 Å². The molecule has 0 bridgehead atoms. The summed E-state index contributed by atoms with van der Waals surface area (Å²) in [7, 11) is 5.91. The van der Waals surface area contributed by atoms with E-state index >= 15 is 0 Å². The molecule has 0 fully saturated rings. The van der Waals surface area contributed by atoms with E-state index in [1.165, 1.54) is 83.5 Å². The maximum Gasteiger partial charge on any atom is 0.306 e. The third kappa shape index (κ3) is 60.9.